The van der Waals surface area contributed by atoms with Crippen molar-refractivity contribution in [2.45, 2.75) is 82.8 Å². The lowest BCUT2D eigenvalue weighted by molar-refractivity contribution is -0.0161. The van der Waals surface area contributed by atoms with Gasteiger partial charge in [0.2, 0.25) is 0 Å². The zero-order valence-electron chi connectivity index (χ0n) is 24.9. The summed E-state index contributed by atoms with van der Waals surface area (Å²) in [4.78, 5) is 56.0. The molecule has 41 heavy (non-hydrogen) atoms. The third-order valence-electron chi connectivity index (χ3n) is 6.35. The summed E-state index contributed by atoms with van der Waals surface area (Å²) in [6, 6.07) is -0.267. The second-order valence-corrected chi connectivity index (χ2v) is 14.9. The molecule has 0 aromatic heterocycles. The fraction of sp³-hybridized carbons (Fsp3) is 1.00. The number of unbranched alkanes of at least 4 members (excludes halogenated alkanes) is 1. The van der Waals surface area contributed by atoms with E-state index in [2.05, 4.69) is 19.2 Å². The average molecular weight is 635 g/mol. The molecule has 0 spiro atoms. The molecule has 0 bridgehead atoms. The maximum Gasteiger partial charge on any atom is 0.492 e. The first kappa shape index (κ1) is 40.9. The van der Waals surface area contributed by atoms with Crippen molar-refractivity contribution in [2.24, 2.45) is 5.92 Å². The first-order valence-electron chi connectivity index (χ1n) is 14.8. The molecule has 0 fully saturated rings. The van der Waals surface area contributed by atoms with E-state index >= 15 is 0 Å². The average Bonchev–Trinajstić information content (AvgIpc) is 2.86. The summed E-state index contributed by atoms with van der Waals surface area (Å²) in [7, 11) is -8.17. The molecule has 0 saturated heterocycles. The topological polar surface area (TPSA) is 225 Å². The maximum absolute atomic E-state index is 10.6. The molecule has 0 radical (unpaired) electrons. The van der Waals surface area contributed by atoms with Crippen molar-refractivity contribution in [1.82, 2.24) is 10.2 Å². The number of hydrogen-bond acceptors (Lipinski definition) is 14. The van der Waals surface area contributed by atoms with E-state index in [1.807, 2.05) is 4.90 Å². The monoisotopic (exact) mass is 634 g/mol. The number of nitrogens with zero attached hydrogens (tertiary/aromatic N) is 1. The number of hydrogen-bond donors (Lipinski definition) is 10. The third kappa shape index (κ3) is 28.4. The van der Waals surface area contributed by atoms with E-state index in [0.717, 1.165) is 25.7 Å². The third-order valence-corrected chi connectivity index (χ3v) is 8.40. The molecule has 10 N–H and O–H groups in total. The van der Waals surface area contributed by atoms with Crippen molar-refractivity contribution in [3.63, 3.8) is 0 Å². The van der Waals surface area contributed by atoms with Gasteiger partial charge in [-0.15, -0.1) is 0 Å². The summed E-state index contributed by atoms with van der Waals surface area (Å²) >= 11 is 0. The summed E-state index contributed by atoms with van der Waals surface area (Å²) in [5, 5.41) is 34.2. The van der Waals surface area contributed by atoms with E-state index in [0.29, 0.717) is 25.6 Å². The fourth-order valence-electron chi connectivity index (χ4n) is 4.05. The van der Waals surface area contributed by atoms with E-state index in [1.165, 1.54) is 0 Å². The second-order valence-electron chi connectivity index (χ2n) is 10.8. The number of aliphatic hydroxyl groups is 3. The molecule has 0 rings (SSSR count). The lowest BCUT2D eigenvalue weighted by Crippen LogP contribution is -2.44. The van der Waals surface area contributed by atoms with Gasteiger partial charge in [-0.1, -0.05) is 33.1 Å². The Hall–Kier alpha value is -0.126. The molecule has 0 aromatic carbocycles. The molecule has 0 aliphatic carbocycles. The van der Waals surface area contributed by atoms with E-state index in [-0.39, 0.29) is 77.6 Å². The first-order valence-corrected chi connectivity index (χ1v) is 18.9. The van der Waals surface area contributed by atoms with Gasteiger partial charge in [-0.3, -0.25) is 4.90 Å². The Bertz CT molecular complexity index is 602. The lowest BCUT2D eigenvalue weighted by Gasteiger charge is -2.28. The Morgan fingerprint density at radius 3 is 1.68 bits per heavy atom. The van der Waals surface area contributed by atoms with Crippen LogP contribution in [0.4, 0.5) is 0 Å². The molecular weight excluding hydrogens is 576 g/mol. The molecule has 0 saturated carbocycles. The van der Waals surface area contributed by atoms with E-state index in [1.54, 1.807) is 0 Å². The quantitative estimate of drug-likeness (QED) is 0.0313. The van der Waals surface area contributed by atoms with Crippen molar-refractivity contribution in [3.05, 3.63) is 0 Å². The van der Waals surface area contributed by atoms with Crippen LogP contribution in [0.1, 0.15) is 52.4 Å². The highest BCUT2D eigenvalue weighted by Gasteiger charge is 2.26. The molecule has 4 atom stereocenters. The van der Waals surface area contributed by atoms with Gasteiger partial charge in [-0.05, 0) is 25.2 Å². The maximum atomic E-state index is 10.6. The first-order chi connectivity index (χ1) is 19.3. The Labute approximate surface area is 247 Å². The number of nitrogens with one attached hydrogen (secondary N) is 1. The molecular formula is C25H58N2O12Si2. The van der Waals surface area contributed by atoms with Crippen LogP contribution >= 0.6 is 0 Å². The van der Waals surface area contributed by atoms with Gasteiger partial charge in [-0.2, -0.15) is 0 Å². The summed E-state index contributed by atoms with van der Waals surface area (Å²) in [6.07, 6.45) is 2.50. The van der Waals surface area contributed by atoms with Crippen molar-refractivity contribution in [3.8, 4) is 0 Å². The van der Waals surface area contributed by atoms with E-state index in [9.17, 15) is 15.3 Å². The predicted octanol–water partition coefficient (Wildman–Crippen LogP) is -2.16. The van der Waals surface area contributed by atoms with Gasteiger partial charge in [-0.25, -0.2) is 0 Å². The minimum absolute atomic E-state index is 0.00544. The van der Waals surface area contributed by atoms with Crippen LogP contribution < -0.4 is 5.32 Å². The number of rotatable bonds is 29. The second kappa shape index (κ2) is 24.2. The van der Waals surface area contributed by atoms with Crippen LogP contribution in [0.3, 0.4) is 0 Å². The SMILES string of the molecule is CCCCC(CC)COCC(O)CN(CCNCC(O)COCCC[Si](O)(O)O)CC(O)COCCC[Si](O)(O)O. The van der Waals surface area contributed by atoms with Gasteiger partial charge in [0.1, 0.15) is 0 Å². The number of aliphatic hydroxyl groups excluding tert-OH is 3. The smallest absolute Gasteiger partial charge is 0.390 e. The molecule has 0 amide bonds. The largest absolute Gasteiger partial charge is 0.492 e. The molecule has 0 heterocycles. The highest BCUT2D eigenvalue weighted by atomic mass is 28.4. The van der Waals surface area contributed by atoms with Crippen LogP contribution in [0.15, 0.2) is 0 Å². The summed E-state index contributed by atoms with van der Waals surface area (Å²) in [5.74, 6) is 0.460. The van der Waals surface area contributed by atoms with Crippen LogP contribution in [0.2, 0.25) is 12.1 Å². The van der Waals surface area contributed by atoms with Gasteiger partial charge < -0.3 is 63.6 Å². The standard InChI is InChI=1S/C25H58N2O12Si2/c1-3-5-8-22(4-2)18-39-21-25(30)17-27(16-24(29)20-38-12-7-14-41(34,35)36)10-9-26-15-23(28)19-37-11-6-13-40(31,32)33/h22-26,28-36H,3-21H2,1-2H3. The van der Waals surface area contributed by atoms with Crippen LogP contribution in [0.25, 0.3) is 0 Å². The minimum atomic E-state index is -4.10. The summed E-state index contributed by atoms with van der Waals surface area (Å²) in [6.45, 7) is 7.07. The van der Waals surface area contributed by atoms with Gasteiger partial charge in [0.05, 0.1) is 38.1 Å². The van der Waals surface area contributed by atoms with Crippen molar-refractivity contribution in [2.75, 3.05) is 72.4 Å². The molecule has 14 nitrogen and oxygen atoms in total. The van der Waals surface area contributed by atoms with Crippen molar-refractivity contribution >= 4 is 17.6 Å². The summed E-state index contributed by atoms with van der Waals surface area (Å²) in [5.41, 5.74) is 0. The molecule has 16 heteroatoms. The normalized spacial score (nSPS) is 15.8. The lowest BCUT2D eigenvalue weighted by atomic mass is 10.0. The minimum Gasteiger partial charge on any atom is -0.390 e. The van der Waals surface area contributed by atoms with Crippen LogP contribution in [-0.4, -0.2) is 157 Å². The van der Waals surface area contributed by atoms with Crippen LogP contribution in [0.5, 0.6) is 0 Å². The van der Waals surface area contributed by atoms with Gasteiger partial charge in [0, 0.05) is 64.6 Å². The fourth-order valence-corrected chi connectivity index (χ4v) is 5.29. The molecule has 0 aliphatic heterocycles. The highest BCUT2D eigenvalue weighted by molar-refractivity contribution is 6.56. The van der Waals surface area contributed by atoms with Gasteiger partial charge in [0.15, 0.2) is 0 Å². The van der Waals surface area contributed by atoms with E-state index < -0.39 is 35.9 Å². The highest BCUT2D eigenvalue weighted by Crippen LogP contribution is 2.13. The Morgan fingerprint density at radius 1 is 0.683 bits per heavy atom. The Morgan fingerprint density at radius 2 is 1.20 bits per heavy atom. The molecule has 0 aliphatic rings. The van der Waals surface area contributed by atoms with Crippen molar-refractivity contribution in [1.29, 1.82) is 0 Å². The predicted molar refractivity (Wildman–Crippen MR) is 157 cm³/mol. The zero-order chi connectivity index (χ0) is 31.2. The zero-order valence-corrected chi connectivity index (χ0v) is 26.9. The van der Waals surface area contributed by atoms with Crippen LogP contribution in [0, 0.1) is 5.92 Å². The Balaban J connectivity index is 4.54. The van der Waals surface area contributed by atoms with Crippen LogP contribution in [-0.2, 0) is 14.2 Å². The van der Waals surface area contributed by atoms with Gasteiger partial charge in [0.25, 0.3) is 0 Å². The van der Waals surface area contributed by atoms with Gasteiger partial charge >= 0.3 is 17.6 Å². The molecule has 0 aromatic rings. The van der Waals surface area contributed by atoms with E-state index in [4.69, 9.17) is 43.0 Å². The summed E-state index contributed by atoms with van der Waals surface area (Å²) < 4.78 is 16.4. The number of ether oxygens (including phenoxy) is 3. The van der Waals surface area contributed by atoms with Crippen molar-refractivity contribution < 1.29 is 58.3 Å². The Kier molecular flexibility index (Phi) is 24.1. The molecule has 4 unspecified atom stereocenters. The molecule has 248 valence electrons.